The van der Waals surface area contributed by atoms with Crippen LogP contribution < -0.4 is 0 Å². The van der Waals surface area contributed by atoms with Crippen molar-refractivity contribution in [2.24, 2.45) is 11.8 Å². The lowest BCUT2D eigenvalue weighted by Crippen LogP contribution is -2.31. The van der Waals surface area contributed by atoms with E-state index in [4.69, 9.17) is 5.11 Å². The first-order chi connectivity index (χ1) is 6.39. The van der Waals surface area contributed by atoms with Gasteiger partial charge in [-0.15, -0.1) is 0 Å². The van der Waals surface area contributed by atoms with Crippen LogP contribution in [-0.2, 0) is 0 Å². The first kappa shape index (κ1) is 11.8. The van der Waals surface area contributed by atoms with Gasteiger partial charge in [0.05, 0.1) is 0 Å². The predicted octanol–water partition coefficient (Wildman–Crippen LogP) is 3.13. The summed E-state index contributed by atoms with van der Waals surface area (Å²) < 4.78 is 36.2. The van der Waals surface area contributed by atoms with Crippen molar-refractivity contribution >= 4 is 0 Å². The topological polar surface area (TPSA) is 20.2 Å². The van der Waals surface area contributed by atoms with E-state index in [1.54, 1.807) is 0 Å². The Morgan fingerprint density at radius 3 is 2.50 bits per heavy atom. The van der Waals surface area contributed by atoms with Crippen LogP contribution >= 0.6 is 0 Å². The second-order valence-corrected chi connectivity index (χ2v) is 4.43. The maximum Gasteiger partial charge on any atom is 0.414 e. The summed E-state index contributed by atoms with van der Waals surface area (Å²) >= 11 is 0. The fourth-order valence-electron chi connectivity index (χ4n) is 2.22. The van der Waals surface area contributed by atoms with Gasteiger partial charge in [-0.3, -0.25) is 0 Å². The van der Waals surface area contributed by atoms with Gasteiger partial charge in [0.25, 0.3) is 0 Å². The molecule has 14 heavy (non-hydrogen) atoms. The van der Waals surface area contributed by atoms with Crippen LogP contribution in [0, 0.1) is 11.8 Å². The Morgan fingerprint density at radius 2 is 2.00 bits per heavy atom. The molecule has 84 valence electrons. The molecule has 1 aliphatic rings. The average Bonchev–Trinajstić information content (AvgIpc) is 2.02. The van der Waals surface area contributed by atoms with Crippen LogP contribution in [-0.4, -0.2) is 17.4 Å². The predicted molar refractivity (Wildman–Crippen MR) is 47.8 cm³/mol. The highest BCUT2D eigenvalue weighted by molar-refractivity contribution is 4.76. The van der Waals surface area contributed by atoms with Crippen molar-refractivity contribution in [3.8, 4) is 0 Å². The number of halogens is 3. The van der Waals surface area contributed by atoms with Crippen molar-refractivity contribution in [2.45, 2.75) is 51.3 Å². The smallest absolute Gasteiger partial charge is 0.384 e. The van der Waals surface area contributed by atoms with E-state index in [2.05, 4.69) is 6.92 Å². The second kappa shape index (κ2) is 4.51. The molecule has 1 saturated carbocycles. The fraction of sp³-hybridized carbons (Fsp3) is 1.00. The third-order valence-corrected chi connectivity index (χ3v) is 2.98. The minimum absolute atomic E-state index is 0.0513. The van der Waals surface area contributed by atoms with Crippen molar-refractivity contribution in [2.75, 3.05) is 0 Å². The maximum absolute atomic E-state index is 12.1. The highest BCUT2D eigenvalue weighted by Gasteiger charge is 2.39. The number of aliphatic hydroxyl groups is 1. The van der Waals surface area contributed by atoms with Crippen LogP contribution in [0.1, 0.15) is 39.0 Å². The fourth-order valence-corrected chi connectivity index (χ4v) is 2.22. The lowest BCUT2D eigenvalue weighted by atomic mass is 9.80. The largest absolute Gasteiger partial charge is 0.414 e. The molecule has 0 aromatic rings. The van der Waals surface area contributed by atoms with E-state index in [0.29, 0.717) is 5.92 Å². The average molecular weight is 210 g/mol. The van der Waals surface area contributed by atoms with E-state index in [1.165, 1.54) is 0 Å². The molecular formula is C10H17F3O. The molecule has 1 N–H and O–H groups in total. The molecule has 0 heterocycles. The van der Waals surface area contributed by atoms with Crippen molar-refractivity contribution in [1.82, 2.24) is 0 Å². The SMILES string of the molecule is CC1CCCC(C[C@H](O)C(F)(F)F)C1. The number of alkyl halides is 3. The lowest BCUT2D eigenvalue weighted by molar-refractivity contribution is -0.209. The molecule has 1 rings (SSSR count). The molecule has 0 amide bonds. The molecule has 1 aliphatic carbocycles. The summed E-state index contributed by atoms with van der Waals surface area (Å²) in [6.45, 7) is 2.06. The second-order valence-electron chi connectivity index (χ2n) is 4.43. The zero-order valence-electron chi connectivity index (χ0n) is 8.35. The van der Waals surface area contributed by atoms with E-state index in [9.17, 15) is 13.2 Å². The Bertz CT molecular complexity index is 179. The third-order valence-electron chi connectivity index (χ3n) is 2.98. The first-order valence-electron chi connectivity index (χ1n) is 5.14. The van der Waals surface area contributed by atoms with Crippen LogP contribution in [0.3, 0.4) is 0 Å². The Kier molecular flexibility index (Phi) is 3.81. The monoisotopic (exact) mass is 210 g/mol. The molecule has 4 heteroatoms. The van der Waals surface area contributed by atoms with Gasteiger partial charge in [0.1, 0.15) is 6.10 Å². The first-order valence-corrected chi connectivity index (χ1v) is 5.14. The molecule has 0 spiro atoms. The van der Waals surface area contributed by atoms with Crippen LogP contribution in [0.5, 0.6) is 0 Å². The summed E-state index contributed by atoms with van der Waals surface area (Å²) in [5, 5.41) is 8.90. The van der Waals surface area contributed by atoms with Gasteiger partial charge in [-0.1, -0.05) is 26.2 Å². The van der Waals surface area contributed by atoms with Crippen molar-refractivity contribution in [1.29, 1.82) is 0 Å². The van der Waals surface area contributed by atoms with Gasteiger partial charge in [0, 0.05) is 0 Å². The maximum atomic E-state index is 12.1. The molecule has 1 nitrogen and oxygen atoms in total. The van der Waals surface area contributed by atoms with E-state index < -0.39 is 12.3 Å². The quantitative estimate of drug-likeness (QED) is 0.742. The van der Waals surface area contributed by atoms with E-state index in [-0.39, 0.29) is 12.3 Å². The Hall–Kier alpha value is -0.250. The third kappa shape index (κ3) is 3.48. The van der Waals surface area contributed by atoms with E-state index in [1.807, 2.05) is 0 Å². The Balaban J connectivity index is 2.36. The van der Waals surface area contributed by atoms with Gasteiger partial charge >= 0.3 is 6.18 Å². The minimum Gasteiger partial charge on any atom is -0.384 e. The Labute approximate surface area is 82.3 Å². The van der Waals surface area contributed by atoms with Crippen LogP contribution in [0.2, 0.25) is 0 Å². The summed E-state index contributed by atoms with van der Waals surface area (Å²) in [4.78, 5) is 0. The highest BCUT2D eigenvalue weighted by Crippen LogP contribution is 2.34. The molecule has 1 fully saturated rings. The summed E-state index contributed by atoms with van der Waals surface area (Å²) in [6, 6.07) is 0. The molecule has 0 aromatic heterocycles. The Morgan fingerprint density at radius 1 is 1.36 bits per heavy atom. The number of hydrogen-bond acceptors (Lipinski definition) is 1. The summed E-state index contributed by atoms with van der Waals surface area (Å²) in [7, 11) is 0. The van der Waals surface area contributed by atoms with E-state index >= 15 is 0 Å². The molecule has 0 aromatic carbocycles. The van der Waals surface area contributed by atoms with Crippen LogP contribution in [0.4, 0.5) is 13.2 Å². The number of hydrogen-bond donors (Lipinski definition) is 1. The molecule has 3 atom stereocenters. The minimum atomic E-state index is -4.44. The molecule has 0 aliphatic heterocycles. The summed E-state index contributed by atoms with van der Waals surface area (Å²) in [5.41, 5.74) is 0. The van der Waals surface area contributed by atoms with E-state index in [0.717, 1.165) is 25.7 Å². The molecule has 0 saturated heterocycles. The van der Waals surface area contributed by atoms with Crippen molar-refractivity contribution in [3.63, 3.8) is 0 Å². The van der Waals surface area contributed by atoms with Gasteiger partial charge < -0.3 is 5.11 Å². The number of rotatable bonds is 2. The molecular weight excluding hydrogens is 193 g/mol. The zero-order chi connectivity index (χ0) is 10.8. The van der Waals surface area contributed by atoms with Gasteiger partial charge in [-0.2, -0.15) is 13.2 Å². The van der Waals surface area contributed by atoms with Crippen molar-refractivity contribution < 1.29 is 18.3 Å². The lowest BCUT2D eigenvalue weighted by Gasteiger charge is -2.28. The molecule has 0 bridgehead atoms. The van der Waals surface area contributed by atoms with Gasteiger partial charge in [-0.25, -0.2) is 0 Å². The van der Waals surface area contributed by atoms with Crippen molar-refractivity contribution in [3.05, 3.63) is 0 Å². The van der Waals surface area contributed by atoms with Crippen LogP contribution in [0.15, 0.2) is 0 Å². The van der Waals surface area contributed by atoms with Gasteiger partial charge in [0.15, 0.2) is 0 Å². The molecule has 2 unspecified atom stereocenters. The summed E-state index contributed by atoms with van der Waals surface area (Å²) in [5.74, 6) is 0.560. The summed E-state index contributed by atoms with van der Waals surface area (Å²) in [6.07, 6.45) is -2.92. The number of aliphatic hydroxyl groups excluding tert-OH is 1. The normalized spacial score (nSPS) is 31.5. The highest BCUT2D eigenvalue weighted by atomic mass is 19.4. The van der Waals surface area contributed by atoms with Gasteiger partial charge in [-0.05, 0) is 24.7 Å². The zero-order valence-corrected chi connectivity index (χ0v) is 8.35. The van der Waals surface area contributed by atoms with Gasteiger partial charge in [0.2, 0.25) is 0 Å². The van der Waals surface area contributed by atoms with Crippen LogP contribution in [0.25, 0.3) is 0 Å². The molecule has 0 radical (unpaired) electrons. The standard InChI is InChI=1S/C10H17F3O/c1-7-3-2-4-8(5-7)6-9(14)10(11,12)13/h7-9,14H,2-6H2,1H3/t7?,8?,9-/m0/s1.